The van der Waals surface area contributed by atoms with Crippen LogP contribution in [0.1, 0.15) is 50.6 Å². The van der Waals surface area contributed by atoms with E-state index in [0.717, 1.165) is 67.0 Å². The Morgan fingerprint density at radius 3 is 2.86 bits per heavy atom. The van der Waals surface area contributed by atoms with Crippen molar-refractivity contribution in [3.8, 4) is 0 Å². The molecule has 2 saturated carbocycles. The van der Waals surface area contributed by atoms with Crippen molar-refractivity contribution in [3.63, 3.8) is 0 Å². The number of hydrogen-bond acceptors (Lipinski definition) is 7. The number of aliphatic hydroxyl groups excluding tert-OH is 1. The molecule has 2 bridgehead atoms. The van der Waals surface area contributed by atoms with Gasteiger partial charge in [0.1, 0.15) is 23.9 Å². The Morgan fingerprint density at radius 2 is 2.14 bits per heavy atom. The quantitative estimate of drug-likeness (QED) is 0.228. The Labute approximate surface area is 266 Å². The standard InChI is InChI=1S/C34H38ClF2N5OS/c1-18-4-3-11-44-33(18)34-41-31(24-9-6-21(37)14-26(24)35)30(27-10-7-22(40-27)12-19(2)36)29-15-23(16-42(29)34)38-17-39-28-13-20-5-8-25(28)32(20)43/h3,6-7,9-12,14,19-20,23,25,28,31-33,38-39,43H,1,4-5,8,13,15-17H2,2H3/b22-12+/t19?,20?,23-,25?,28?,31-,32?,33?/m0/s1. The van der Waals surface area contributed by atoms with Crippen molar-refractivity contribution >= 4 is 34.9 Å². The molecule has 6 nitrogen and oxygen atoms in total. The van der Waals surface area contributed by atoms with Crippen molar-refractivity contribution in [1.29, 1.82) is 0 Å². The third-order valence-corrected chi connectivity index (χ3v) is 11.3. The summed E-state index contributed by atoms with van der Waals surface area (Å²) in [4.78, 5) is 12.5. The van der Waals surface area contributed by atoms with Gasteiger partial charge in [0.2, 0.25) is 0 Å². The van der Waals surface area contributed by atoms with Crippen molar-refractivity contribution in [2.75, 3.05) is 13.2 Å². The van der Waals surface area contributed by atoms with Crippen molar-refractivity contribution < 1.29 is 13.9 Å². The van der Waals surface area contributed by atoms with Gasteiger partial charge in [0, 0.05) is 59.5 Å². The molecule has 6 aliphatic rings. The summed E-state index contributed by atoms with van der Waals surface area (Å²) in [5.41, 5.74) is 5.07. The molecule has 0 aromatic heterocycles. The average Bonchev–Trinajstić information content (AvgIpc) is 3.77. The molecule has 0 radical (unpaired) electrons. The summed E-state index contributed by atoms with van der Waals surface area (Å²) in [6.45, 7) is 7.24. The van der Waals surface area contributed by atoms with Crippen LogP contribution in [0.4, 0.5) is 8.78 Å². The van der Waals surface area contributed by atoms with Crippen LogP contribution in [0.3, 0.4) is 0 Å². The van der Waals surface area contributed by atoms with E-state index in [0.29, 0.717) is 40.8 Å². The van der Waals surface area contributed by atoms with E-state index < -0.39 is 18.0 Å². The molecule has 3 N–H and O–H groups in total. The van der Waals surface area contributed by atoms with Gasteiger partial charge in [-0.05, 0) is 74.3 Å². The van der Waals surface area contributed by atoms with Crippen molar-refractivity contribution in [2.45, 2.75) is 74.7 Å². The first-order valence-electron chi connectivity index (χ1n) is 15.6. The van der Waals surface area contributed by atoms with Crippen molar-refractivity contribution in [2.24, 2.45) is 21.8 Å². The maximum atomic E-state index is 14.2. The smallest absolute Gasteiger partial charge is 0.124 e. The second-order valence-electron chi connectivity index (χ2n) is 12.7. The summed E-state index contributed by atoms with van der Waals surface area (Å²) < 4.78 is 28.1. The maximum Gasteiger partial charge on any atom is 0.124 e. The summed E-state index contributed by atoms with van der Waals surface area (Å²) >= 11 is 8.39. The number of aliphatic imine (C=N–C) groups is 2. The minimum Gasteiger partial charge on any atom is -0.392 e. The predicted octanol–water partition coefficient (Wildman–Crippen LogP) is 6.38. The van der Waals surface area contributed by atoms with E-state index in [1.807, 2.05) is 12.2 Å². The lowest BCUT2D eigenvalue weighted by atomic mass is 9.90. The number of aliphatic hydroxyl groups is 1. The summed E-state index contributed by atoms with van der Waals surface area (Å²) in [5, 5.41) is 20.3. The van der Waals surface area contributed by atoms with E-state index in [1.165, 1.54) is 25.1 Å². The van der Waals surface area contributed by atoms with Crippen LogP contribution in [0.2, 0.25) is 5.02 Å². The summed E-state index contributed by atoms with van der Waals surface area (Å²) in [6.07, 6.45) is 10.8. The largest absolute Gasteiger partial charge is 0.392 e. The zero-order valence-corrected chi connectivity index (χ0v) is 26.3. The highest BCUT2D eigenvalue weighted by Gasteiger charge is 2.47. The number of nitrogens with zero attached hydrogens (tertiary/aromatic N) is 3. The molecule has 4 heterocycles. The second-order valence-corrected chi connectivity index (χ2v) is 14.1. The molecule has 232 valence electrons. The number of rotatable bonds is 8. The molecule has 0 amide bonds. The van der Waals surface area contributed by atoms with E-state index in [-0.39, 0.29) is 17.4 Å². The van der Waals surface area contributed by atoms with Crippen LogP contribution in [-0.2, 0) is 0 Å². The highest BCUT2D eigenvalue weighted by molar-refractivity contribution is 8.03. The van der Waals surface area contributed by atoms with Crippen LogP contribution < -0.4 is 10.6 Å². The van der Waals surface area contributed by atoms with Crippen molar-refractivity contribution in [1.82, 2.24) is 15.5 Å². The Morgan fingerprint density at radius 1 is 1.27 bits per heavy atom. The number of halogens is 3. The van der Waals surface area contributed by atoms with Gasteiger partial charge in [-0.25, -0.2) is 13.8 Å². The summed E-state index contributed by atoms with van der Waals surface area (Å²) in [6, 6.07) is 4.42. The molecule has 2 aliphatic carbocycles. The number of hydrogen-bond donors (Lipinski definition) is 3. The van der Waals surface area contributed by atoms with E-state index in [4.69, 9.17) is 21.6 Å². The third kappa shape index (κ3) is 5.66. The van der Waals surface area contributed by atoms with Gasteiger partial charge in [0.25, 0.3) is 0 Å². The number of nitrogens with one attached hydrogen (secondary N) is 2. The predicted molar refractivity (Wildman–Crippen MR) is 175 cm³/mol. The van der Waals surface area contributed by atoms with Gasteiger partial charge < -0.3 is 15.3 Å². The molecule has 4 aliphatic heterocycles. The molecular weight excluding hydrogens is 600 g/mol. The van der Waals surface area contributed by atoms with Gasteiger partial charge in [0.15, 0.2) is 0 Å². The lowest BCUT2D eigenvalue weighted by Crippen LogP contribution is -2.46. The first kappa shape index (κ1) is 30.1. The van der Waals surface area contributed by atoms with Gasteiger partial charge >= 0.3 is 0 Å². The molecule has 44 heavy (non-hydrogen) atoms. The third-order valence-electron chi connectivity index (χ3n) is 9.80. The fraction of sp³-hybridized carbons (Fsp3) is 0.471. The summed E-state index contributed by atoms with van der Waals surface area (Å²) in [7, 11) is 0. The Hall–Kier alpha value is -2.56. The first-order chi connectivity index (χ1) is 21.3. The van der Waals surface area contributed by atoms with Crippen LogP contribution in [-0.4, -0.2) is 64.4 Å². The highest BCUT2D eigenvalue weighted by Crippen LogP contribution is 2.46. The molecule has 3 fully saturated rings. The SMILES string of the molecule is C=C1CC=CSC1C1=N[C@@H](c2ccc(F)cc2Cl)C(C2=N/C(=C/C(C)F)C=C2)=C2C[C@H](NCNC3CC4CCC3C4O)CN12. The Bertz CT molecular complexity index is 1530. The van der Waals surface area contributed by atoms with Gasteiger partial charge in [-0.3, -0.25) is 10.3 Å². The maximum absolute atomic E-state index is 14.2. The van der Waals surface area contributed by atoms with E-state index >= 15 is 0 Å². The first-order valence-corrected chi connectivity index (χ1v) is 16.9. The number of fused-ring (bicyclic) bond motifs is 3. The number of benzene rings is 1. The van der Waals surface area contributed by atoms with Gasteiger partial charge in [-0.2, -0.15) is 0 Å². The van der Waals surface area contributed by atoms with E-state index in [9.17, 15) is 13.9 Å². The molecule has 10 heteroatoms. The number of allylic oxidation sites excluding steroid dienone is 4. The summed E-state index contributed by atoms with van der Waals surface area (Å²) in [5.74, 6) is 1.28. The fourth-order valence-corrected chi connectivity index (χ4v) is 8.97. The molecule has 8 atom stereocenters. The molecule has 0 spiro atoms. The monoisotopic (exact) mass is 637 g/mol. The zero-order valence-electron chi connectivity index (χ0n) is 24.7. The number of thioether (sulfide) groups is 1. The second kappa shape index (κ2) is 12.3. The van der Waals surface area contributed by atoms with Crippen molar-refractivity contribution in [3.05, 3.63) is 93.4 Å². The van der Waals surface area contributed by atoms with E-state index in [1.54, 1.807) is 17.8 Å². The van der Waals surface area contributed by atoms with Crippen LogP contribution in [0, 0.1) is 17.7 Å². The fourth-order valence-electron chi connectivity index (χ4n) is 7.73. The lowest BCUT2D eigenvalue weighted by Gasteiger charge is -2.37. The van der Waals surface area contributed by atoms with E-state index in [2.05, 4.69) is 33.6 Å². The van der Waals surface area contributed by atoms with Crippen LogP contribution in [0.5, 0.6) is 0 Å². The minimum atomic E-state index is -1.13. The molecule has 1 saturated heterocycles. The number of alkyl halides is 1. The Balaban J connectivity index is 1.24. The Kier molecular flexibility index (Phi) is 8.44. The molecule has 7 rings (SSSR count). The van der Waals surface area contributed by atoms with Gasteiger partial charge in [-0.1, -0.05) is 35.9 Å². The molecular formula is C34H38ClF2N5OS. The number of amidine groups is 1. The lowest BCUT2D eigenvalue weighted by molar-refractivity contribution is 0.123. The average molecular weight is 638 g/mol. The molecule has 6 unspecified atom stereocenters. The normalized spacial score (nSPS) is 34.3. The topological polar surface area (TPSA) is 72.2 Å². The minimum absolute atomic E-state index is 0.0328. The van der Waals surface area contributed by atoms with Crippen LogP contribution >= 0.6 is 23.4 Å². The van der Waals surface area contributed by atoms with Gasteiger partial charge in [-0.15, -0.1) is 11.8 Å². The van der Waals surface area contributed by atoms with Crippen LogP contribution in [0.15, 0.2) is 87.0 Å². The zero-order chi connectivity index (χ0) is 30.5. The van der Waals surface area contributed by atoms with Gasteiger partial charge in [0.05, 0.1) is 22.8 Å². The van der Waals surface area contributed by atoms with Crippen LogP contribution in [0.25, 0.3) is 0 Å². The molecule has 1 aromatic carbocycles. The molecule has 1 aromatic rings. The highest BCUT2D eigenvalue weighted by atomic mass is 35.5.